The Hall–Kier alpha value is -2.11. The molecule has 6 heteroatoms. The molecule has 0 unspecified atom stereocenters. The van der Waals surface area contributed by atoms with Crippen LogP contribution >= 0.6 is 0 Å². The molecule has 0 radical (unpaired) electrons. The van der Waals surface area contributed by atoms with Gasteiger partial charge in [-0.05, 0) is 26.0 Å². The maximum atomic E-state index is 13.0. The highest BCUT2D eigenvalue weighted by molar-refractivity contribution is 5.82. The van der Waals surface area contributed by atoms with E-state index in [1.807, 2.05) is 13.8 Å². The minimum Gasteiger partial charge on any atom is -0.493 e. The van der Waals surface area contributed by atoms with E-state index in [0.29, 0.717) is 5.75 Å². The molecular weight excluding hydrogens is 277 g/mol. The average molecular weight is 297 g/mol. The lowest BCUT2D eigenvalue weighted by atomic mass is 10.2. The third kappa shape index (κ3) is 5.81. The van der Waals surface area contributed by atoms with Crippen molar-refractivity contribution in [1.82, 2.24) is 4.90 Å². The molecule has 1 amide bonds. The summed E-state index contributed by atoms with van der Waals surface area (Å²) < 4.78 is 22.8. The molecule has 0 heterocycles. The maximum Gasteiger partial charge on any atom is 0.325 e. The first-order chi connectivity index (χ1) is 9.93. The highest BCUT2D eigenvalue weighted by Gasteiger charge is 2.20. The molecule has 0 saturated heterocycles. The molecular formula is C15H20FNO4. The number of hydrogen-bond donors (Lipinski definition) is 0. The number of amides is 1. The third-order valence-corrected chi connectivity index (χ3v) is 2.85. The molecule has 0 N–H and O–H groups in total. The second kappa shape index (κ2) is 8.24. The van der Waals surface area contributed by atoms with E-state index in [0.717, 1.165) is 0 Å². The number of halogens is 1. The predicted octanol–water partition coefficient (Wildman–Crippen LogP) is 2.00. The number of esters is 1. The van der Waals surface area contributed by atoms with Gasteiger partial charge in [-0.3, -0.25) is 9.59 Å². The number of methoxy groups -OCH3 is 1. The van der Waals surface area contributed by atoms with Gasteiger partial charge in [-0.2, -0.15) is 0 Å². The number of nitrogens with zero attached hydrogens (tertiary/aromatic N) is 1. The van der Waals surface area contributed by atoms with Crippen molar-refractivity contribution in [3.63, 3.8) is 0 Å². The molecule has 5 nitrogen and oxygen atoms in total. The first kappa shape index (κ1) is 16.9. The van der Waals surface area contributed by atoms with Crippen molar-refractivity contribution in [2.75, 3.05) is 20.3 Å². The molecule has 0 atom stereocenters. The summed E-state index contributed by atoms with van der Waals surface area (Å²) in [5.41, 5.74) is 0. The fourth-order valence-corrected chi connectivity index (χ4v) is 1.72. The van der Waals surface area contributed by atoms with Gasteiger partial charge in [0.05, 0.1) is 20.1 Å². The first-order valence-corrected chi connectivity index (χ1v) is 6.68. The highest BCUT2D eigenvalue weighted by atomic mass is 19.1. The van der Waals surface area contributed by atoms with Gasteiger partial charge in [0.15, 0.2) is 0 Å². The van der Waals surface area contributed by atoms with Crippen LogP contribution in [0.4, 0.5) is 4.39 Å². The second-order valence-corrected chi connectivity index (χ2v) is 4.75. The van der Waals surface area contributed by atoms with Crippen LogP contribution in [0.5, 0.6) is 5.75 Å². The molecule has 0 aromatic heterocycles. The quantitative estimate of drug-likeness (QED) is 0.722. The fraction of sp³-hybridized carbons (Fsp3) is 0.467. The van der Waals surface area contributed by atoms with Crippen molar-refractivity contribution in [3.8, 4) is 5.75 Å². The van der Waals surface area contributed by atoms with Gasteiger partial charge in [0.25, 0.3) is 0 Å². The summed E-state index contributed by atoms with van der Waals surface area (Å²) in [4.78, 5) is 24.7. The van der Waals surface area contributed by atoms with Gasteiger partial charge in [-0.25, -0.2) is 4.39 Å². The Bertz CT molecular complexity index is 490. The van der Waals surface area contributed by atoms with Crippen molar-refractivity contribution in [1.29, 1.82) is 0 Å². The van der Waals surface area contributed by atoms with Crippen LogP contribution in [0.1, 0.15) is 20.3 Å². The van der Waals surface area contributed by atoms with E-state index in [1.54, 1.807) is 6.07 Å². The molecule has 1 aromatic rings. The summed E-state index contributed by atoms with van der Waals surface area (Å²) in [5, 5.41) is 0. The molecule has 1 aromatic carbocycles. The van der Waals surface area contributed by atoms with E-state index in [2.05, 4.69) is 4.74 Å². The van der Waals surface area contributed by atoms with E-state index in [1.165, 1.54) is 30.2 Å². The fourth-order valence-electron chi connectivity index (χ4n) is 1.72. The largest absolute Gasteiger partial charge is 0.493 e. The number of rotatable bonds is 7. The molecule has 0 saturated carbocycles. The zero-order chi connectivity index (χ0) is 15.8. The Morgan fingerprint density at radius 2 is 2.05 bits per heavy atom. The van der Waals surface area contributed by atoms with Crippen LogP contribution in [0.15, 0.2) is 24.3 Å². The summed E-state index contributed by atoms with van der Waals surface area (Å²) >= 11 is 0. The summed E-state index contributed by atoms with van der Waals surface area (Å²) in [6.45, 7) is 3.65. The van der Waals surface area contributed by atoms with Crippen molar-refractivity contribution >= 4 is 11.9 Å². The number of carbonyl (C=O) groups is 2. The average Bonchev–Trinajstić information content (AvgIpc) is 2.44. The van der Waals surface area contributed by atoms with Crippen LogP contribution < -0.4 is 4.74 Å². The summed E-state index contributed by atoms with van der Waals surface area (Å²) in [6.07, 6.45) is 0.103. The van der Waals surface area contributed by atoms with Gasteiger partial charge in [-0.15, -0.1) is 0 Å². The normalized spacial score (nSPS) is 10.3. The standard InChI is InChI=1S/C15H20FNO4/c1-11(2)17(10-15(19)20-3)14(18)7-8-21-13-6-4-5-12(16)9-13/h4-6,9,11H,7-8,10H2,1-3H3. The van der Waals surface area contributed by atoms with Crippen LogP contribution in [0, 0.1) is 5.82 Å². The lowest BCUT2D eigenvalue weighted by molar-refractivity contribution is -0.148. The molecule has 0 aliphatic carbocycles. The highest BCUT2D eigenvalue weighted by Crippen LogP contribution is 2.12. The summed E-state index contributed by atoms with van der Waals surface area (Å²) in [6, 6.07) is 5.59. The zero-order valence-corrected chi connectivity index (χ0v) is 12.5. The number of benzene rings is 1. The van der Waals surface area contributed by atoms with Gasteiger partial charge in [0.2, 0.25) is 5.91 Å². The molecule has 1 rings (SSSR count). The van der Waals surface area contributed by atoms with Crippen LogP contribution in [0.2, 0.25) is 0 Å². The number of ether oxygens (including phenoxy) is 2. The van der Waals surface area contributed by atoms with Crippen LogP contribution in [-0.2, 0) is 14.3 Å². The Morgan fingerprint density at radius 1 is 1.33 bits per heavy atom. The third-order valence-electron chi connectivity index (χ3n) is 2.85. The monoisotopic (exact) mass is 297 g/mol. The predicted molar refractivity (Wildman–Crippen MR) is 75.4 cm³/mol. The minimum atomic E-state index is -0.469. The lowest BCUT2D eigenvalue weighted by Crippen LogP contribution is -2.41. The topological polar surface area (TPSA) is 55.8 Å². The molecule has 0 spiro atoms. The van der Waals surface area contributed by atoms with Crippen LogP contribution in [-0.4, -0.2) is 43.1 Å². The Labute approximate surface area is 123 Å². The number of carbonyl (C=O) groups excluding carboxylic acids is 2. The lowest BCUT2D eigenvalue weighted by Gasteiger charge is -2.25. The van der Waals surface area contributed by atoms with Crippen molar-refractivity contribution in [2.24, 2.45) is 0 Å². The van der Waals surface area contributed by atoms with E-state index in [9.17, 15) is 14.0 Å². The van der Waals surface area contributed by atoms with Crippen LogP contribution in [0.25, 0.3) is 0 Å². The number of hydrogen-bond acceptors (Lipinski definition) is 4. The molecule has 0 bridgehead atoms. The van der Waals surface area contributed by atoms with Crippen LogP contribution in [0.3, 0.4) is 0 Å². The Morgan fingerprint density at radius 3 is 2.62 bits per heavy atom. The maximum absolute atomic E-state index is 13.0. The minimum absolute atomic E-state index is 0.0903. The zero-order valence-electron chi connectivity index (χ0n) is 12.5. The molecule has 116 valence electrons. The van der Waals surface area contributed by atoms with Crippen molar-refractivity contribution < 1.29 is 23.5 Å². The van der Waals surface area contributed by atoms with Gasteiger partial charge in [0, 0.05) is 12.1 Å². The molecule has 0 aliphatic rings. The van der Waals surface area contributed by atoms with E-state index in [4.69, 9.17) is 4.74 Å². The first-order valence-electron chi connectivity index (χ1n) is 6.68. The summed E-state index contributed by atoms with van der Waals surface area (Å²) in [7, 11) is 1.28. The van der Waals surface area contributed by atoms with E-state index >= 15 is 0 Å². The van der Waals surface area contributed by atoms with Gasteiger partial charge < -0.3 is 14.4 Å². The smallest absolute Gasteiger partial charge is 0.325 e. The van der Waals surface area contributed by atoms with E-state index in [-0.39, 0.29) is 31.5 Å². The Kier molecular flexibility index (Phi) is 6.65. The van der Waals surface area contributed by atoms with E-state index < -0.39 is 11.8 Å². The molecule has 0 aliphatic heterocycles. The molecule has 0 fully saturated rings. The summed E-state index contributed by atoms with van der Waals surface area (Å²) in [5.74, 6) is -0.713. The van der Waals surface area contributed by atoms with Gasteiger partial charge >= 0.3 is 5.97 Å². The molecule has 21 heavy (non-hydrogen) atoms. The van der Waals surface area contributed by atoms with Crippen molar-refractivity contribution in [3.05, 3.63) is 30.1 Å². The Balaban J connectivity index is 2.48. The second-order valence-electron chi connectivity index (χ2n) is 4.75. The van der Waals surface area contributed by atoms with Gasteiger partial charge in [-0.1, -0.05) is 6.07 Å². The van der Waals surface area contributed by atoms with Gasteiger partial charge in [0.1, 0.15) is 18.1 Å². The van der Waals surface area contributed by atoms with Crippen molar-refractivity contribution in [2.45, 2.75) is 26.3 Å². The SMILES string of the molecule is COC(=O)CN(C(=O)CCOc1cccc(F)c1)C(C)C.